The van der Waals surface area contributed by atoms with Crippen LogP contribution in [0.4, 0.5) is 20.3 Å². The molecule has 0 fully saturated rings. The summed E-state index contributed by atoms with van der Waals surface area (Å²) in [6.07, 6.45) is 1.79. The van der Waals surface area contributed by atoms with Gasteiger partial charge in [0.1, 0.15) is 0 Å². The zero-order valence-corrected chi connectivity index (χ0v) is 17.4. The van der Waals surface area contributed by atoms with E-state index in [1.54, 1.807) is 24.2 Å². The van der Waals surface area contributed by atoms with Crippen molar-refractivity contribution in [2.45, 2.75) is 32.2 Å². The number of halogens is 2. The first kappa shape index (κ1) is 20.7. The van der Waals surface area contributed by atoms with Gasteiger partial charge in [-0.25, -0.2) is 8.78 Å². The first-order chi connectivity index (χ1) is 14.6. The second-order valence-corrected chi connectivity index (χ2v) is 8.21. The van der Waals surface area contributed by atoms with Crippen LogP contribution in [-0.4, -0.2) is 28.6 Å². The zero-order valence-electron chi connectivity index (χ0n) is 17.4. The predicted octanol–water partition coefficient (Wildman–Crippen LogP) is 3.64. The Bertz CT molecular complexity index is 1190. The SMILES string of the molecule is CN1C(=O)C(C)(C)c2cc(CC(=O)Nc3ccn(Cc4ccc(F)c(F)c4)n3)ccc21. The number of benzene rings is 2. The topological polar surface area (TPSA) is 67.2 Å². The molecule has 0 unspecified atom stereocenters. The number of rotatable bonds is 5. The van der Waals surface area contributed by atoms with Crippen LogP contribution in [0.15, 0.2) is 48.7 Å². The van der Waals surface area contributed by atoms with E-state index >= 15 is 0 Å². The summed E-state index contributed by atoms with van der Waals surface area (Å²) in [6, 6.07) is 10.9. The zero-order chi connectivity index (χ0) is 22.3. The van der Waals surface area contributed by atoms with Gasteiger partial charge in [-0.2, -0.15) is 5.10 Å². The van der Waals surface area contributed by atoms with Gasteiger partial charge in [-0.05, 0) is 48.7 Å². The first-order valence-corrected chi connectivity index (χ1v) is 9.84. The number of hydrogen-bond acceptors (Lipinski definition) is 3. The predicted molar refractivity (Wildman–Crippen MR) is 113 cm³/mol. The van der Waals surface area contributed by atoms with Crippen molar-refractivity contribution in [2.24, 2.45) is 0 Å². The minimum absolute atomic E-state index is 0.0238. The molecule has 3 aromatic rings. The largest absolute Gasteiger partial charge is 0.314 e. The molecule has 1 aliphatic heterocycles. The van der Waals surface area contributed by atoms with E-state index in [4.69, 9.17) is 0 Å². The van der Waals surface area contributed by atoms with Gasteiger partial charge in [-0.15, -0.1) is 0 Å². The number of hydrogen-bond donors (Lipinski definition) is 1. The Balaban J connectivity index is 1.42. The molecule has 4 rings (SSSR count). The van der Waals surface area contributed by atoms with E-state index in [1.807, 2.05) is 32.0 Å². The fourth-order valence-corrected chi connectivity index (χ4v) is 3.84. The van der Waals surface area contributed by atoms with Crippen molar-refractivity contribution >= 4 is 23.3 Å². The number of nitrogens with one attached hydrogen (secondary N) is 1. The Morgan fingerprint density at radius 2 is 1.81 bits per heavy atom. The molecule has 0 saturated carbocycles. The fourth-order valence-electron chi connectivity index (χ4n) is 3.84. The number of likely N-dealkylation sites (N-methyl/N-ethyl adjacent to an activating group) is 1. The maximum Gasteiger partial charge on any atom is 0.236 e. The number of fused-ring (bicyclic) bond motifs is 1. The van der Waals surface area contributed by atoms with Gasteiger partial charge in [0.15, 0.2) is 17.5 Å². The van der Waals surface area contributed by atoms with Gasteiger partial charge in [-0.1, -0.05) is 18.2 Å². The highest BCUT2D eigenvalue weighted by Crippen LogP contribution is 2.41. The van der Waals surface area contributed by atoms with E-state index in [0.717, 1.165) is 28.9 Å². The summed E-state index contributed by atoms with van der Waals surface area (Å²) in [5, 5.41) is 7.00. The third-order valence-corrected chi connectivity index (χ3v) is 5.54. The maximum absolute atomic E-state index is 13.4. The average molecular weight is 424 g/mol. The summed E-state index contributed by atoms with van der Waals surface area (Å²) in [4.78, 5) is 26.6. The van der Waals surface area contributed by atoms with Crippen LogP contribution in [0.2, 0.25) is 0 Å². The molecule has 1 aromatic heterocycles. The van der Waals surface area contributed by atoms with Gasteiger partial charge in [0, 0.05) is 25.0 Å². The molecule has 2 heterocycles. The minimum atomic E-state index is -0.913. The Hall–Kier alpha value is -3.55. The summed E-state index contributed by atoms with van der Waals surface area (Å²) in [5.74, 6) is -1.67. The van der Waals surface area contributed by atoms with E-state index in [-0.39, 0.29) is 24.8 Å². The van der Waals surface area contributed by atoms with Gasteiger partial charge >= 0.3 is 0 Å². The van der Waals surface area contributed by atoms with Crippen LogP contribution >= 0.6 is 0 Å². The molecule has 8 heteroatoms. The summed E-state index contributed by atoms with van der Waals surface area (Å²) in [5.41, 5.74) is 2.49. The Morgan fingerprint density at radius 1 is 1.06 bits per heavy atom. The molecule has 2 aromatic carbocycles. The molecule has 0 spiro atoms. The van der Waals surface area contributed by atoms with Crippen molar-refractivity contribution in [1.29, 1.82) is 0 Å². The van der Waals surface area contributed by atoms with Crippen molar-refractivity contribution < 1.29 is 18.4 Å². The molecule has 2 amide bonds. The van der Waals surface area contributed by atoms with E-state index in [0.29, 0.717) is 11.4 Å². The van der Waals surface area contributed by atoms with Crippen molar-refractivity contribution in [1.82, 2.24) is 9.78 Å². The molecular formula is C23H22F2N4O2. The van der Waals surface area contributed by atoms with Crippen LogP contribution in [0.5, 0.6) is 0 Å². The van der Waals surface area contributed by atoms with Gasteiger partial charge in [-0.3, -0.25) is 14.3 Å². The monoisotopic (exact) mass is 424 g/mol. The lowest BCUT2D eigenvalue weighted by Crippen LogP contribution is -2.33. The van der Waals surface area contributed by atoms with Crippen molar-refractivity contribution in [3.63, 3.8) is 0 Å². The smallest absolute Gasteiger partial charge is 0.236 e. The van der Waals surface area contributed by atoms with Crippen LogP contribution in [0.3, 0.4) is 0 Å². The first-order valence-electron chi connectivity index (χ1n) is 9.84. The number of aromatic nitrogens is 2. The van der Waals surface area contributed by atoms with Crippen molar-refractivity contribution in [3.05, 3.63) is 77.0 Å². The van der Waals surface area contributed by atoms with Crippen LogP contribution in [0.1, 0.15) is 30.5 Å². The van der Waals surface area contributed by atoms with Gasteiger partial charge in [0.2, 0.25) is 11.8 Å². The molecule has 160 valence electrons. The number of amides is 2. The summed E-state index contributed by atoms with van der Waals surface area (Å²) >= 11 is 0. The quantitative estimate of drug-likeness (QED) is 0.680. The molecule has 0 bridgehead atoms. The summed E-state index contributed by atoms with van der Waals surface area (Å²) in [6.45, 7) is 4.00. The number of carbonyl (C=O) groups excluding carboxylic acids is 2. The van der Waals surface area contributed by atoms with E-state index in [1.165, 1.54) is 10.7 Å². The molecule has 0 radical (unpaired) electrons. The third kappa shape index (κ3) is 3.93. The summed E-state index contributed by atoms with van der Waals surface area (Å²) in [7, 11) is 1.75. The Morgan fingerprint density at radius 3 is 2.55 bits per heavy atom. The van der Waals surface area contributed by atoms with Crippen LogP contribution in [0.25, 0.3) is 0 Å². The molecule has 1 aliphatic rings. The normalized spacial score (nSPS) is 14.6. The second kappa shape index (κ2) is 7.61. The molecule has 6 nitrogen and oxygen atoms in total. The van der Waals surface area contributed by atoms with E-state index in [9.17, 15) is 18.4 Å². The Labute approximate surface area is 178 Å². The number of carbonyl (C=O) groups is 2. The van der Waals surface area contributed by atoms with Gasteiger partial charge in [0.05, 0.1) is 18.4 Å². The molecule has 0 aliphatic carbocycles. The van der Waals surface area contributed by atoms with Crippen LogP contribution in [0, 0.1) is 11.6 Å². The lowest BCUT2D eigenvalue weighted by molar-refractivity contribution is -0.121. The minimum Gasteiger partial charge on any atom is -0.314 e. The Kier molecular flexibility index (Phi) is 5.08. The van der Waals surface area contributed by atoms with Gasteiger partial charge < -0.3 is 10.2 Å². The third-order valence-electron chi connectivity index (χ3n) is 5.54. The average Bonchev–Trinajstić information content (AvgIpc) is 3.21. The van der Waals surface area contributed by atoms with Gasteiger partial charge in [0.25, 0.3) is 0 Å². The molecule has 31 heavy (non-hydrogen) atoms. The van der Waals surface area contributed by atoms with Crippen molar-refractivity contribution in [3.8, 4) is 0 Å². The highest BCUT2D eigenvalue weighted by Gasteiger charge is 2.42. The number of nitrogens with zero attached hydrogens (tertiary/aromatic N) is 3. The second-order valence-electron chi connectivity index (χ2n) is 8.21. The lowest BCUT2D eigenvalue weighted by atomic mass is 9.85. The standard InChI is InChI=1S/C23H22F2N4O2/c1-23(2)16-10-14(5-7-19(16)28(3)22(23)31)12-21(30)26-20-8-9-29(27-20)13-15-4-6-17(24)18(25)11-15/h4-11H,12-13H2,1-3H3,(H,26,27,30). The molecule has 1 N–H and O–H groups in total. The molecule has 0 atom stereocenters. The number of anilines is 2. The van der Waals surface area contributed by atoms with E-state index in [2.05, 4.69) is 10.4 Å². The lowest BCUT2D eigenvalue weighted by Gasteiger charge is -2.16. The van der Waals surface area contributed by atoms with E-state index < -0.39 is 17.0 Å². The highest BCUT2D eigenvalue weighted by molar-refractivity contribution is 6.07. The molecule has 0 saturated heterocycles. The fraction of sp³-hybridized carbons (Fsp3) is 0.261. The maximum atomic E-state index is 13.4. The summed E-state index contributed by atoms with van der Waals surface area (Å²) < 4.78 is 27.9. The molecular weight excluding hydrogens is 402 g/mol. The van der Waals surface area contributed by atoms with Crippen molar-refractivity contribution in [2.75, 3.05) is 17.3 Å². The highest BCUT2D eigenvalue weighted by atomic mass is 19.2. The van der Waals surface area contributed by atoms with Crippen LogP contribution < -0.4 is 10.2 Å². The van der Waals surface area contributed by atoms with Crippen LogP contribution in [-0.2, 0) is 28.0 Å².